The molecule has 0 spiro atoms. The molecule has 0 aliphatic rings. The summed E-state index contributed by atoms with van der Waals surface area (Å²) in [6, 6.07) is -0.361. The second kappa shape index (κ2) is 2.01. The van der Waals surface area contributed by atoms with Gasteiger partial charge >= 0.3 is 0 Å². The van der Waals surface area contributed by atoms with Crippen LogP contribution < -0.4 is 0 Å². The first-order chi connectivity index (χ1) is 5.04. The van der Waals surface area contributed by atoms with Crippen molar-refractivity contribution in [1.29, 1.82) is 0 Å². The van der Waals surface area contributed by atoms with Crippen LogP contribution in [-0.4, -0.2) is 10.1 Å². The minimum atomic E-state index is -0.548. The molecule has 0 aliphatic heterocycles. The second-order valence-corrected chi connectivity index (χ2v) is 1.50. The molecule has 2 nitrogen and oxygen atoms in total. The minimum absolute atomic E-state index is 0.296. The zero-order valence-electron chi connectivity index (χ0n) is 6.77. The molecule has 3 heteroatoms. The van der Waals surface area contributed by atoms with Gasteiger partial charge in [0.05, 0.1) is 15.3 Å². The summed E-state index contributed by atoms with van der Waals surface area (Å²) in [6.45, 7) is 0. The van der Waals surface area contributed by atoms with Crippen LogP contribution in [0.1, 0.15) is 4.11 Å². The lowest BCUT2D eigenvalue weighted by atomic mass is 10.5. The summed E-state index contributed by atoms with van der Waals surface area (Å²) in [7, 11) is 0. The Morgan fingerprint density at radius 3 is 3.38 bits per heavy atom. The molecule has 0 radical (unpaired) electrons. The summed E-state index contributed by atoms with van der Waals surface area (Å²) in [5.41, 5.74) is 0. The van der Waals surface area contributed by atoms with E-state index in [-0.39, 0.29) is 11.1 Å². The Hall–Kier alpha value is -0.760. The molecule has 0 fully saturated rings. The molecule has 0 saturated carbocycles. The predicted octanol–water partition coefficient (Wildman–Crippen LogP) is 1.44. The van der Waals surface area contributed by atoms with Crippen LogP contribution in [0.5, 0.6) is 5.75 Å². The molecular weight excluding hydrogens is 126 g/mol. The standard InChI is InChI=1S/C5H4ClNO/c6-4-1-2-7-3-5(4)8/h1-3,8H/i1D,2D,3D. The van der Waals surface area contributed by atoms with E-state index in [2.05, 4.69) is 4.98 Å². The van der Waals surface area contributed by atoms with Gasteiger partial charge in [-0.2, -0.15) is 0 Å². The van der Waals surface area contributed by atoms with Gasteiger partial charge in [-0.15, -0.1) is 0 Å². The highest BCUT2D eigenvalue weighted by Crippen LogP contribution is 2.18. The summed E-state index contributed by atoms with van der Waals surface area (Å²) in [5, 5.41) is 8.63. The molecule has 1 rings (SSSR count). The first-order valence-corrected chi connectivity index (χ1v) is 2.24. The van der Waals surface area contributed by atoms with Crippen molar-refractivity contribution in [1.82, 2.24) is 4.98 Å². The number of pyridine rings is 1. The van der Waals surface area contributed by atoms with Gasteiger partial charge in [0, 0.05) is 6.17 Å². The Morgan fingerprint density at radius 2 is 2.62 bits per heavy atom. The van der Waals surface area contributed by atoms with E-state index in [1.807, 2.05) is 0 Å². The fraction of sp³-hybridized carbons (Fsp3) is 0. The van der Waals surface area contributed by atoms with Gasteiger partial charge in [0.2, 0.25) is 0 Å². The summed E-state index contributed by atoms with van der Waals surface area (Å²) < 4.78 is 21.0. The maximum Gasteiger partial charge on any atom is 0.152 e. The monoisotopic (exact) mass is 132 g/mol. The smallest absolute Gasteiger partial charge is 0.152 e. The lowest BCUT2D eigenvalue weighted by molar-refractivity contribution is 0.473. The second-order valence-electron chi connectivity index (χ2n) is 1.12. The average molecular weight is 133 g/mol. The third-order valence-corrected chi connectivity index (χ3v) is 0.865. The van der Waals surface area contributed by atoms with Crippen molar-refractivity contribution in [2.24, 2.45) is 0 Å². The molecule has 1 N–H and O–H groups in total. The van der Waals surface area contributed by atoms with Crippen molar-refractivity contribution >= 4 is 11.6 Å². The summed E-state index contributed by atoms with van der Waals surface area (Å²) in [4.78, 5) is 3.24. The average Bonchev–Trinajstić information content (AvgIpc) is 1.97. The van der Waals surface area contributed by atoms with Crippen LogP contribution in [0.2, 0.25) is 5.02 Å². The Balaban J connectivity index is 3.46. The topological polar surface area (TPSA) is 33.1 Å². The molecule has 0 atom stereocenters. The van der Waals surface area contributed by atoms with E-state index < -0.39 is 18.1 Å². The Bertz CT molecular complexity index is 278. The molecule has 8 heavy (non-hydrogen) atoms. The molecule has 0 aliphatic carbocycles. The third kappa shape index (κ3) is 0.898. The van der Waals surface area contributed by atoms with Crippen LogP contribution in [-0.2, 0) is 0 Å². The Kier molecular flexibility index (Phi) is 0.674. The minimum Gasteiger partial charge on any atom is -0.505 e. The fourth-order valence-corrected chi connectivity index (χ4v) is 0.351. The molecule has 1 aromatic heterocycles. The number of aromatic hydroxyl groups is 1. The van der Waals surface area contributed by atoms with Crippen molar-refractivity contribution < 1.29 is 9.22 Å². The van der Waals surface area contributed by atoms with Crippen molar-refractivity contribution in [2.75, 3.05) is 0 Å². The van der Waals surface area contributed by atoms with Crippen molar-refractivity contribution in [3.8, 4) is 5.75 Å². The van der Waals surface area contributed by atoms with E-state index in [1.54, 1.807) is 0 Å². The molecule has 1 aromatic rings. The van der Waals surface area contributed by atoms with E-state index in [9.17, 15) is 0 Å². The van der Waals surface area contributed by atoms with Gasteiger partial charge in [0.15, 0.2) is 5.75 Å². The van der Waals surface area contributed by atoms with E-state index in [1.165, 1.54) is 0 Å². The lowest BCUT2D eigenvalue weighted by Gasteiger charge is -1.89. The highest BCUT2D eigenvalue weighted by atomic mass is 35.5. The number of rotatable bonds is 0. The molecule has 0 bridgehead atoms. The molecule has 0 unspecified atom stereocenters. The fourth-order valence-electron chi connectivity index (χ4n) is 0.266. The van der Waals surface area contributed by atoms with Crippen LogP contribution in [0.25, 0.3) is 0 Å². The Morgan fingerprint density at radius 1 is 1.88 bits per heavy atom. The van der Waals surface area contributed by atoms with Gasteiger partial charge in [0.25, 0.3) is 0 Å². The van der Waals surface area contributed by atoms with E-state index >= 15 is 0 Å². The summed E-state index contributed by atoms with van der Waals surface area (Å²) in [5.74, 6) is -0.548. The lowest BCUT2D eigenvalue weighted by Crippen LogP contribution is -1.68. The predicted molar refractivity (Wildman–Crippen MR) is 30.9 cm³/mol. The van der Waals surface area contributed by atoms with Gasteiger partial charge in [-0.1, -0.05) is 11.6 Å². The number of aromatic nitrogens is 1. The summed E-state index contributed by atoms with van der Waals surface area (Å²) in [6.07, 6.45) is -0.881. The maximum atomic E-state index is 8.93. The summed E-state index contributed by atoms with van der Waals surface area (Å²) >= 11 is 5.37. The molecule has 0 saturated heterocycles. The molecular formula is C5H4ClNO. The molecule has 42 valence electrons. The van der Waals surface area contributed by atoms with Crippen LogP contribution in [0.4, 0.5) is 0 Å². The number of halogens is 1. The zero-order chi connectivity index (χ0) is 8.59. The normalized spacial score (nSPS) is 14.4. The first kappa shape index (κ1) is 2.69. The van der Waals surface area contributed by atoms with Gasteiger partial charge in [-0.3, -0.25) is 4.98 Å². The molecule has 0 amide bonds. The highest BCUT2D eigenvalue weighted by molar-refractivity contribution is 6.31. The van der Waals surface area contributed by atoms with Crippen LogP contribution >= 0.6 is 11.6 Å². The van der Waals surface area contributed by atoms with Gasteiger partial charge in [-0.25, -0.2) is 0 Å². The van der Waals surface area contributed by atoms with E-state index in [0.29, 0.717) is 0 Å². The highest BCUT2D eigenvalue weighted by Gasteiger charge is 1.91. The quantitative estimate of drug-likeness (QED) is 0.580. The zero-order valence-corrected chi connectivity index (χ0v) is 4.53. The number of hydrogen-bond donors (Lipinski definition) is 1. The SMILES string of the molecule is [2H]c1nc([2H])c(O)c(Cl)c1[2H]. The van der Waals surface area contributed by atoms with Crippen molar-refractivity contribution in [3.05, 3.63) is 23.4 Å². The van der Waals surface area contributed by atoms with Crippen LogP contribution in [0.15, 0.2) is 18.4 Å². The maximum absolute atomic E-state index is 8.93. The first-order valence-electron chi connectivity index (χ1n) is 3.36. The van der Waals surface area contributed by atoms with Crippen molar-refractivity contribution in [2.45, 2.75) is 0 Å². The van der Waals surface area contributed by atoms with Gasteiger partial charge in [0.1, 0.15) is 0 Å². The van der Waals surface area contributed by atoms with Crippen LogP contribution in [0, 0.1) is 0 Å². The number of hydrogen-bond acceptors (Lipinski definition) is 2. The van der Waals surface area contributed by atoms with Gasteiger partial charge < -0.3 is 5.11 Å². The molecule has 1 heterocycles. The van der Waals surface area contributed by atoms with Crippen molar-refractivity contribution in [3.63, 3.8) is 0 Å². The van der Waals surface area contributed by atoms with E-state index in [4.69, 9.17) is 20.8 Å². The van der Waals surface area contributed by atoms with Gasteiger partial charge in [-0.05, 0) is 6.04 Å². The number of nitrogens with zero attached hydrogens (tertiary/aromatic N) is 1. The van der Waals surface area contributed by atoms with Crippen LogP contribution in [0.3, 0.4) is 0 Å². The largest absolute Gasteiger partial charge is 0.505 e. The Labute approximate surface area is 56.0 Å². The third-order valence-electron chi connectivity index (χ3n) is 0.591. The molecule has 0 aromatic carbocycles. The van der Waals surface area contributed by atoms with E-state index in [0.717, 1.165) is 0 Å².